The zero-order chi connectivity index (χ0) is 25.7. The molecule has 2 aromatic heterocycles. The van der Waals surface area contributed by atoms with E-state index in [2.05, 4.69) is 0 Å². The van der Waals surface area contributed by atoms with Gasteiger partial charge in [0.15, 0.2) is 0 Å². The van der Waals surface area contributed by atoms with Crippen molar-refractivity contribution in [3.63, 3.8) is 0 Å². The van der Waals surface area contributed by atoms with Crippen LogP contribution in [0.5, 0.6) is 0 Å². The van der Waals surface area contributed by atoms with Crippen molar-refractivity contribution < 1.29 is 19.8 Å². The molecule has 2 aliphatic heterocycles. The normalized spacial score (nSPS) is 19.9. The smallest absolute Gasteiger partial charge is 0.335 e. The van der Waals surface area contributed by atoms with E-state index in [0.29, 0.717) is 37.1 Å². The summed E-state index contributed by atoms with van der Waals surface area (Å²) in [6.45, 7) is 2.18. The minimum Gasteiger partial charge on any atom is -0.480 e. The van der Waals surface area contributed by atoms with E-state index in [1.807, 2.05) is 56.6 Å². The number of aromatic nitrogens is 2. The minimum atomic E-state index is -1.05. The van der Waals surface area contributed by atoms with Gasteiger partial charge in [0.25, 0.3) is 5.56 Å². The number of likely N-dealkylation sites (tertiary alicyclic amines) is 1. The standard InChI is InChI=1S/C29H27N3O5/c33-26-8-4-7-24-21-11-19(15-32(24)26)14-31(16-21)27(29(36)37)23-17-30(13-18-5-2-1-3-6-18)25-10-9-20(28(34)35)12-22(23)25/h1-10,12,17,19,21,27H,11,13-16H2,(H,34,35)(H,36,37)/t19-,21+,27?/m0/s1. The maximum atomic E-state index is 12.8. The molecule has 0 spiro atoms. The first kappa shape index (κ1) is 23.2. The van der Waals surface area contributed by atoms with Gasteiger partial charge in [0, 0.05) is 66.5 Å². The molecule has 1 saturated heterocycles. The molecule has 188 valence electrons. The number of aliphatic carboxylic acids is 1. The Morgan fingerprint density at radius 1 is 0.946 bits per heavy atom. The summed E-state index contributed by atoms with van der Waals surface area (Å²) in [5, 5.41) is 20.8. The Labute approximate surface area is 213 Å². The Balaban J connectivity index is 1.44. The zero-order valence-corrected chi connectivity index (χ0v) is 20.2. The lowest BCUT2D eigenvalue weighted by atomic mass is 9.82. The maximum absolute atomic E-state index is 12.8. The maximum Gasteiger partial charge on any atom is 0.335 e. The number of carboxylic acids is 2. The first-order valence-corrected chi connectivity index (χ1v) is 12.5. The number of hydrogen-bond acceptors (Lipinski definition) is 4. The van der Waals surface area contributed by atoms with Gasteiger partial charge in [0.2, 0.25) is 0 Å². The van der Waals surface area contributed by atoms with Crippen LogP contribution in [0.4, 0.5) is 0 Å². The summed E-state index contributed by atoms with van der Waals surface area (Å²) in [5.74, 6) is -1.79. The van der Waals surface area contributed by atoms with Crippen LogP contribution in [0.25, 0.3) is 10.9 Å². The van der Waals surface area contributed by atoms with Crippen molar-refractivity contribution in [3.05, 3.63) is 106 Å². The largest absolute Gasteiger partial charge is 0.480 e. The lowest BCUT2D eigenvalue weighted by molar-refractivity contribution is -0.144. The predicted molar refractivity (Wildman–Crippen MR) is 138 cm³/mol. The highest BCUT2D eigenvalue weighted by molar-refractivity contribution is 5.96. The molecule has 3 atom stereocenters. The van der Waals surface area contributed by atoms with Crippen molar-refractivity contribution in [3.8, 4) is 0 Å². The number of rotatable bonds is 6. The van der Waals surface area contributed by atoms with Gasteiger partial charge >= 0.3 is 11.9 Å². The third-order valence-corrected chi connectivity index (χ3v) is 7.76. The molecular weight excluding hydrogens is 470 g/mol. The number of pyridine rings is 1. The van der Waals surface area contributed by atoms with Crippen LogP contribution in [0.15, 0.2) is 77.7 Å². The molecule has 37 heavy (non-hydrogen) atoms. The Kier molecular flexibility index (Phi) is 5.68. The van der Waals surface area contributed by atoms with E-state index >= 15 is 0 Å². The molecule has 0 aliphatic carbocycles. The van der Waals surface area contributed by atoms with E-state index in [1.54, 1.807) is 30.3 Å². The Bertz CT molecular complexity index is 1570. The lowest BCUT2D eigenvalue weighted by Gasteiger charge is -2.44. The Morgan fingerprint density at radius 2 is 1.76 bits per heavy atom. The number of benzene rings is 2. The highest BCUT2D eigenvalue weighted by Gasteiger charge is 2.40. The van der Waals surface area contributed by atoms with E-state index in [-0.39, 0.29) is 23.0 Å². The fraction of sp³-hybridized carbons (Fsp3) is 0.276. The Morgan fingerprint density at radius 3 is 2.51 bits per heavy atom. The van der Waals surface area contributed by atoms with Crippen LogP contribution < -0.4 is 5.56 Å². The molecule has 4 heterocycles. The molecule has 2 aromatic carbocycles. The minimum absolute atomic E-state index is 0.0133. The molecule has 0 saturated carbocycles. The van der Waals surface area contributed by atoms with Crippen LogP contribution in [0, 0.1) is 5.92 Å². The fourth-order valence-corrected chi connectivity index (χ4v) is 6.22. The summed E-state index contributed by atoms with van der Waals surface area (Å²) in [7, 11) is 0. The second-order valence-electron chi connectivity index (χ2n) is 10.1. The SMILES string of the molecule is O=C(O)c1ccc2c(c1)c(C(C(=O)O)N1C[C@@H]3C[C@H](C1)c1cccc(=O)n1C3)cn2Cc1ccccc1. The Hall–Kier alpha value is -4.17. The van der Waals surface area contributed by atoms with Gasteiger partial charge in [0.1, 0.15) is 6.04 Å². The van der Waals surface area contributed by atoms with Gasteiger partial charge in [-0.2, -0.15) is 0 Å². The van der Waals surface area contributed by atoms with Crippen LogP contribution in [0.3, 0.4) is 0 Å². The molecule has 2 N–H and O–H groups in total. The van der Waals surface area contributed by atoms with Crippen molar-refractivity contribution in [2.75, 3.05) is 13.1 Å². The molecule has 2 aliphatic rings. The number of piperidine rings is 1. The number of nitrogens with zero attached hydrogens (tertiary/aromatic N) is 3. The average Bonchev–Trinajstić information content (AvgIpc) is 3.22. The average molecular weight is 498 g/mol. The number of hydrogen-bond donors (Lipinski definition) is 2. The molecule has 8 heteroatoms. The molecule has 1 fully saturated rings. The third-order valence-electron chi connectivity index (χ3n) is 7.76. The summed E-state index contributed by atoms with van der Waals surface area (Å²) in [6, 6.07) is 19.2. The summed E-state index contributed by atoms with van der Waals surface area (Å²) in [6.07, 6.45) is 2.79. The fourth-order valence-electron chi connectivity index (χ4n) is 6.22. The van der Waals surface area contributed by atoms with Crippen molar-refractivity contribution >= 4 is 22.8 Å². The summed E-state index contributed by atoms with van der Waals surface area (Å²) in [4.78, 5) is 39.0. The first-order valence-electron chi connectivity index (χ1n) is 12.5. The van der Waals surface area contributed by atoms with Gasteiger partial charge in [-0.05, 0) is 42.2 Å². The van der Waals surface area contributed by atoms with Gasteiger partial charge in [0.05, 0.1) is 5.56 Å². The van der Waals surface area contributed by atoms with Gasteiger partial charge in [-0.25, -0.2) is 4.79 Å². The van der Waals surface area contributed by atoms with Crippen molar-refractivity contribution in [2.45, 2.75) is 31.5 Å². The van der Waals surface area contributed by atoms with Gasteiger partial charge in [-0.1, -0.05) is 36.4 Å². The third kappa shape index (κ3) is 4.13. The van der Waals surface area contributed by atoms with Crippen LogP contribution in [-0.4, -0.2) is 49.3 Å². The van der Waals surface area contributed by atoms with E-state index in [4.69, 9.17) is 0 Å². The van der Waals surface area contributed by atoms with Crippen LogP contribution in [-0.2, 0) is 17.9 Å². The van der Waals surface area contributed by atoms with Crippen molar-refractivity contribution in [1.82, 2.24) is 14.0 Å². The van der Waals surface area contributed by atoms with Crippen LogP contribution >= 0.6 is 0 Å². The molecule has 0 radical (unpaired) electrons. The van der Waals surface area contributed by atoms with Gasteiger partial charge in [-0.15, -0.1) is 0 Å². The van der Waals surface area contributed by atoms with E-state index in [1.165, 1.54) is 0 Å². The van der Waals surface area contributed by atoms with E-state index < -0.39 is 18.0 Å². The molecular formula is C29H27N3O5. The van der Waals surface area contributed by atoms with E-state index in [0.717, 1.165) is 23.2 Å². The van der Waals surface area contributed by atoms with Gasteiger partial charge < -0.3 is 19.3 Å². The highest BCUT2D eigenvalue weighted by Crippen LogP contribution is 2.40. The van der Waals surface area contributed by atoms with E-state index in [9.17, 15) is 24.6 Å². The zero-order valence-electron chi connectivity index (χ0n) is 20.2. The molecule has 8 nitrogen and oxygen atoms in total. The molecule has 2 bridgehead atoms. The van der Waals surface area contributed by atoms with Crippen LogP contribution in [0.2, 0.25) is 0 Å². The van der Waals surface area contributed by atoms with Gasteiger partial charge in [-0.3, -0.25) is 14.5 Å². The predicted octanol–water partition coefficient (Wildman–Crippen LogP) is 3.79. The lowest BCUT2D eigenvalue weighted by Crippen LogP contribution is -2.49. The number of carbonyl (C=O) groups is 2. The summed E-state index contributed by atoms with van der Waals surface area (Å²) in [5.41, 5.74) is 3.52. The molecule has 4 aromatic rings. The molecule has 1 unspecified atom stereocenters. The van der Waals surface area contributed by atoms with Crippen molar-refractivity contribution in [2.24, 2.45) is 5.92 Å². The second kappa shape index (κ2) is 9.05. The summed E-state index contributed by atoms with van der Waals surface area (Å²) < 4.78 is 3.83. The van der Waals surface area contributed by atoms with Crippen molar-refractivity contribution in [1.29, 1.82) is 0 Å². The van der Waals surface area contributed by atoms with Crippen LogP contribution in [0.1, 0.15) is 45.6 Å². The monoisotopic (exact) mass is 497 g/mol. The second-order valence-corrected chi connectivity index (χ2v) is 10.1. The molecule has 6 rings (SSSR count). The number of aromatic carboxylic acids is 1. The number of fused-ring (bicyclic) bond motifs is 5. The molecule has 0 amide bonds. The summed E-state index contributed by atoms with van der Waals surface area (Å²) >= 11 is 0. The quantitative estimate of drug-likeness (QED) is 0.420. The highest BCUT2D eigenvalue weighted by atomic mass is 16.4. The first-order chi connectivity index (χ1) is 17.9. The topological polar surface area (TPSA) is 105 Å². The number of carboxylic acid groups (broad SMARTS) is 2.